The first kappa shape index (κ1) is 17.5. The molecule has 0 amide bonds. The zero-order valence-electron chi connectivity index (χ0n) is 14.1. The zero-order valence-corrected chi connectivity index (χ0v) is 14.1. The Morgan fingerprint density at radius 3 is 2.54 bits per heavy atom. The van der Waals surface area contributed by atoms with E-state index in [9.17, 15) is 14.9 Å². The molecule has 0 N–H and O–H groups in total. The van der Waals surface area contributed by atoms with Gasteiger partial charge in [-0.15, -0.1) is 0 Å². The quantitative estimate of drug-likeness (QED) is 0.338. The second kappa shape index (κ2) is 7.73. The van der Waals surface area contributed by atoms with Gasteiger partial charge in [0.15, 0.2) is 11.5 Å². The number of carbonyl (C=O) groups excluding carboxylic acids is 1. The molecule has 26 heavy (non-hydrogen) atoms. The molecule has 1 heterocycles. The number of para-hydroxylation sites is 1. The average molecular weight is 359 g/mol. The molecule has 0 bridgehead atoms. The molecule has 0 unspecified atom stereocenters. The molecule has 0 aliphatic carbocycles. The molecule has 2 aromatic rings. The van der Waals surface area contributed by atoms with Crippen molar-refractivity contribution in [3.05, 3.63) is 57.6 Å². The summed E-state index contributed by atoms with van der Waals surface area (Å²) in [6.07, 6.45) is 0. The summed E-state index contributed by atoms with van der Waals surface area (Å²) in [7, 11) is 0. The van der Waals surface area contributed by atoms with Crippen molar-refractivity contribution in [1.82, 2.24) is 0 Å². The lowest BCUT2D eigenvalue weighted by Gasteiger charge is -2.18. The van der Waals surface area contributed by atoms with Crippen LogP contribution < -0.4 is 14.2 Å². The lowest BCUT2D eigenvalue weighted by atomic mass is 10.1. The summed E-state index contributed by atoms with van der Waals surface area (Å²) in [5.41, 5.74) is 0.385. The maximum atomic E-state index is 12.3. The van der Waals surface area contributed by atoms with Crippen LogP contribution in [0.5, 0.6) is 17.2 Å². The Kier molecular flexibility index (Phi) is 5.21. The van der Waals surface area contributed by atoms with Gasteiger partial charge in [0.1, 0.15) is 37.7 Å². The largest absolute Gasteiger partial charge is 0.490 e. The molecule has 0 aromatic heterocycles. The summed E-state index contributed by atoms with van der Waals surface area (Å²) in [5, 5.41) is 11.2. The predicted molar refractivity (Wildman–Crippen MR) is 91.0 cm³/mol. The molecule has 0 fully saturated rings. The highest BCUT2D eigenvalue weighted by Gasteiger charge is 2.27. The van der Waals surface area contributed by atoms with Crippen molar-refractivity contribution in [2.75, 3.05) is 26.4 Å². The van der Waals surface area contributed by atoms with E-state index in [2.05, 4.69) is 0 Å². The molecule has 0 atom stereocenters. The topological polar surface area (TPSA) is 97.1 Å². The van der Waals surface area contributed by atoms with Gasteiger partial charge < -0.3 is 18.9 Å². The number of nitro groups is 1. The highest BCUT2D eigenvalue weighted by Crippen LogP contribution is 2.36. The van der Waals surface area contributed by atoms with E-state index in [0.29, 0.717) is 19.0 Å². The lowest BCUT2D eigenvalue weighted by Crippen LogP contribution is -2.18. The molecule has 0 saturated heterocycles. The first-order chi connectivity index (χ1) is 12.6. The number of ether oxygens (including phenoxy) is 4. The van der Waals surface area contributed by atoms with Crippen molar-refractivity contribution in [3.63, 3.8) is 0 Å². The van der Waals surface area contributed by atoms with Crippen LogP contribution in [0.4, 0.5) is 5.69 Å². The fourth-order valence-electron chi connectivity index (χ4n) is 2.47. The second-order valence-corrected chi connectivity index (χ2v) is 5.52. The van der Waals surface area contributed by atoms with Crippen LogP contribution in [-0.4, -0.2) is 37.3 Å². The third kappa shape index (κ3) is 3.85. The SMILES string of the molecule is Cc1ccccc1OCCOC(=O)c1cc2c(cc1[N+](=O)[O-])OCCO2. The summed E-state index contributed by atoms with van der Waals surface area (Å²) in [4.78, 5) is 22.8. The predicted octanol–water partition coefficient (Wildman–Crippen LogP) is 2.91. The number of nitrogens with zero attached hydrogens (tertiary/aromatic N) is 1. The van der Waals surface area contributed by atoms with Crippen LogP contribution in [0.25, 0.3) is 0 Å². The fourth-order valence-corrected chi connectivity index (χ4v) is 2.47. The van der Waals surface area contributed by atoms with Gasteiger partial charge in [-0.3, -0.25) is 10.1 Å². The minimum Gasteiger partial charge on any atom is -0.490 e. The number of hydrogen-bond acceptors (Lipinski definition) is 7. The molecule has 0 saturated carbocycles. The van der Waals surface area contributed by atoms with E-state index in [0.717, 1.165) is 5.56 Å². The van der Waals surface area contributed by atoms with Crippen molar-refractivity contribution in [2.45, 2.75) is 6.92 Å². The van der Waals surface area contributed by atoms with Crippen molar-refractivity contribution in [2.24, 2.45) is 0 Å². The van der Waals surface area contributed by atoms with Gasteiger partial charge in [0.05, 0.1) is 11.0 Å². The highest BCUT2D eigenvalue weighted by molar-refractivity contribution is 5.95. The van der Waals surface area contributed by atoms with E-state index in [-0.39, 0.29) is 36.0 Å². The Morgan fingerprint density at radius 1 is 1.15 bits per heavy atom. The van der Waals surface area contributed by atoms with Gasteiger partial charge in [-0.2, -0.15) is 0 Å². The van der Waals surface area contributed by atoms with Gasteiger partial charge in [0.2, 0.25) is 0 Å². The minimum atomic E-state index is -0.818. The van der Waals surface area contributed by atoms with Gasteiger partial charge in [-0.05, 0) is 18.6 Å². The van der Waals surface area contributed by atoms with E-state index in [1.54, 1.807) is 0 Å². The van der Waals surface area contributed by atoms with Crippen molar-refractivity contribution < 1.29 is 28.7 Å². The van der Waals surface area contributed by atoms with Crippen LogP contribution >= 0.6 is 0 Å². The number of benzene rings is 2. The summed E-state index contributed by atoms with van der Waals surface area (Å²) < 4.78 is 21.3. The highest BCUT2D eigenvalue weighted by atomic mass is 16.6. The molecule has 8 nitrogen and oxygen atoms in total. The second-order valence-electron chi connectivity index (χ2n) is 5.52. The molecule has 2 aromatic carbocycles. The van der Waals surface area contributed by atoms with Gasteiger partial charge in [-0.25, -0.2) is 4.79 Å². The van der Waals surface area contributed by atoms with E-state index in [4.69, 9.17) is 18.9 Å². The first-order valence-corrected chi connectivity index (χ1v) is 8.00. The molecule has 0 radical (unpaired) electrons. The third-order valence-electron chi connectivity index (χ3n) is 3.74. The Hall–Kier alpha value is -3.29. The number of esters is 1. The molecular weight excluding hydrogens is 342 g/mol. The minimum absolute atomic E-state index is 0.0429. The standard InChI is InChI=1S/C18H17NO7/c1-12-4-2-3-5-15(12)23-8-9-26-18(20)13-10-16-17(25-7-6-24-16)11-14(13)19(21)22/h2-5,10-11H,6-9H2,1H3. The zero-order chi connectivity index (χ0) is 18.5. The van der Waals surface area contributed by atoms with Crippen LogP contribution in [-0.2, 0) is 4.74 Å². The monoisotopic (exact) mass is 359 g/mol. The average Bonchev–Trinajstić information content (AvgIpc) is 2.65. The van der Waals surface area contributed by atoms with Crippen LogP contribution in [0.2, 0.25) is 0 Å². The van der Waals surface area contributed by atoms with Crippen LogP contribution in [0.1, 0.15) is 15.9 Å². The molecule has 0 spiro atoms. The Bertz CT molecular complexity index is 834. The number of rotatable bonds is 6. The molecule has 3 rings (SSSR count). The number of aryl methyl sites for hydroxylation is 1. The van der Waals surface area contributed by atoms with E-state index in [1.165, 1.54) is 12.1 Å². The van der Waals surface area contributed by atoms with Crippen LogP contribution in [0.3, 0.4) is 0 Å². The number of carbonyl (C=O) groups is 1. The fraction of sp³-hybridized carbons (Fsp3) is 0.278. The molecule has 8 heteroatoms. The normalized spacial score (nSPS) is 12.3. The van der Waals surface area contributed by atoms with Gasteiger partial charge in [0.25, 0.3) is 5.69 Å². The maximum absolute atomic E-state index is 12.3. The van der Waals surface area contributed by atoms with Gasteiger partial charge in [0, 0.05) is 6.07 Å². The summed E-state index contributed by atoms with van der Waals surface area (Å²) in [5.74, 6) is 0.392. The van der Waals surface area contributed by atoms with Gasteiger partial charge >= 0.3 is 5.97 Å². The van der Waals surface area contributed by atoms with Crippen molar-refractivity contribution >= 4 is 11.7 Å². The first-order valence-electron chi connectivity index (χ1n) is 8.00. The lowest BCUT2D eigenvalue weighted by molar-refractivity contribution is -0.385. The third-order valence-corrected chi connectivity index (χ3v) is 3.74. The van der Waals surface area contributed by atoms with Crippen LogP contribution in [0, 0.1) is 17.0 Å². The Morgan fingerprint density at radius 2 is 1.85 bits per heavy atom. The summed E-state index contributed by atoms with van der Waals surface area (Å²) in [6.45, 7) is 2.60. The van der Waals surface area contributed by atoms with Crippen molar-refractivity contribution in [3.8, 4) is 17.2 Å². The molecule has 1 aliphatic rings. The Balaban J connectivity index is 1.65. The maximum Gasteiger partial charge on any atom is 0.345 e. The van der Waals surface area contributed by atoms with Crippen molar-refractivity contribution in [1.29, 1.82) is 0 Å². The van der Waals surface area contributed by atoms with E-state index >= 15 is 0 Å². The number of nitro benzene ring substituents is 1. The number of hydrogen-bond donors (Lipinski definition) is 0. The molecular formula is C18H17NO7. The molecule has 1 aliphatic heterocycles. The van der Waals surface area contributed by atoms with Crippen LogP contribution in [0.15, 0.2) is 36.4 Å². The van der Waals surface area contributed by atoms with E-state index < -0.39 is 10.9 Å². The smallest absolute Gasteiger partial charge is 0.345 e. The number of fused-ring (bicyclic) bond motifs is 1. The van der Waals surface area contributed by atoms with E-state index in [1.807, 2.05) is 31.2 Å². The summed E-state index contributed by atoms with van der Waals surface area (Å²) >= 11 is 0. The summed E-state index contributed by atoms with van der Waals surface area (Å²) in [6, 6.07) is 9.89. The molecule has 136 valence electrons. The van der Waals surface area contributed by atoms with Gasteiger partial charge in [-0.1, -0.05) is 18.2 Å². The Labute approximate surface area is 149 Å².